The van der Waals surface area contributed by atoms with Gasteiger partial charge in [0.15, 0.2) is 11.6 Å². The molecule has 3 heterocycles. The third kappa shape index (κ3) is 11.7. The minimum Gasteiger partial charge on any atom is -0.458 e. The number of rotatable bonds is 3. The third-order valence-corrected chi connectivity index (χ3v) is 13.5. The Labute approximate surface area is 340 Å². The minimum absolute atomic E-state index is 0.164. The average molecular weight is 807 g/mol. The fraction of sp³-hybridized carbons (Fsp3) is 0.800. The van der Waals surface area contributed by atoms with Crippen molar-refractivity contribution in [3.63, 3.8) is 0 Å². The van der Waals surface area contributed by atoms with Crippen molar-refractivity contribution in [3.8, 4) is 0 Å². The highest BCUT2D eigenvalue weighted by atomic mass is 16.7. The second kappa shape index (κ2) is 20.8. The highest BCUT2D eigenvalue weighted by Gasteiger charge is 2.56. The fourth-order valence-electron chi connectivity index (χ4n) is 9.07. The van der Waals surface area contributed by atoms with Crippen LogP contribution in [0.5, 0.6) is 0 Å². The van der Waals surface area contributed by atoms with Gasteiger partial charge in [-0.15, -0.1) is 0 Å². The number of Topliss-reactive ketones (excluding diaryl/α,β-unsaturated/α-hetero) is 2. The number of fused-ring (bicyclic) bond motifs is 2. The Morgan fingerprint density at radius 3 is 2.11 bits per heavy atom. The molecule has 57 heavy (non-hydrogen) atoms. The van der Waals surface area contributed by atoms with Crippen molar-refractivity contribution in [3.05, 3.63) is 36.5 Å². The van der Waals surface area contributed by atoms with Gasteiger partial charge in [-0.25, -0.2) is 4.79 Å². The van der Waals surface area contributed by atoms with Crippen molar-refractivity contribution in [2.24, 2.45) is 53.3 Å². The van der Waals surface area contributed by atoms with Crippen LogP contribution in [0.1, 0.15) is 115 Å². The number of hydrogen-bond donors (Lipinski definition) is 6. The molecule has 2 fully saturated rings. The number of aliphatic hydroxyl groups is 6. The van der Waals surface area contributed by atoms with Crippen LogP contribution in [0.25, 0.3) is 0 Å². The third-order valence-electron chi connectivity index (χ3n) is 13.5. The number of ketones is 2. The maximum atomic E-state index is 13.5. The van der Waals surface area contributed by atoms with Crippen LogP contribution in [0.2, 0.25) is 0 Å². The van der Waals surface area contributed by atoms with Crippen molar-refractivity contribution in [1.82, 2.24) is 0 Å². The molecule has 2 saturated heterocycles. The number of carbonyl (C=O) groups excluding carboxylic acids is 3. The molecule has 0 aromatic rings. The Balaban J connectivity index is 2.02. The lowest BCUT2D eigenvalue weighted by molar-refractivity contribution is -0.372. The highest BCUT2D eigenvalue weighted by molar-refractivity contribution is 5.91. The summed E-state index contributed by atoms with van der Waals surface area (Å²) in [6.07, 6.45) is 5.74. The van der Waals surface area contributed by atoms with Gasteiger partial charge in [0, 0.05) is 60.3 Å². The zero-order chi connectivity index (χ0) is 43.2. The van der Waals surface area contributed by atoms with Gasteiger partial charge in [0.2, 0.25) is 0 Å². The smallest absolute Gasteiger partial charge is 0.330 e. The lowest BCUT2D eigenvalue weighted by Gasteiger charge is -2.55. The van der Waals surface area contributed by atoms with Crippen molar-refractivity contribution in [2.75, 3.05) is 0 Å². The normalized spacial score (nSPS) is 47.5. The summed E-state index contributed by atoms with van der Waals surface area (Å²) in [5.41, 5.74) is -2.22. The van der Waals surface area contributed by atoms with E-state index < -0.39 is 107 Å². The molecule has 0 aliphatic carbocycles. The summed E-state index contributed by atoms with van der Waals surface area (Å²) in [4.78, 5) is 40.6. The van der Waals surface area contributed by atoms with Crippen LogP contribution in [0.4, 0.5) is 0 Å². The van der Waals surface area contributed by atoms with Gasteiger partial charge in [-0.1, -0.05) is 92.7 Å². The van der Waals surface area contributed by atoms with E-state index in [4.69, 9.17) is 14.2 Å². The quantitative estimate of drug-likeness (QED) is 0.212. The summed E-state index contributed by atoms with van der Waals surface area (Å²) in [5.74, 6) is -8.49. The number of carbonyl (C=O) groups is 3. The Hall–Kier alpha value is -2.29. The SMILES string of the molecule is CC[C@@H]1/C=C/C=C/C[C@H](C)[C@@H](O)[C@@](C)(O)C(=O)[C@H](C)[C@@H](O)[C@H](C)C(=O)[C@H](C)[C@@H](O)[C@H](C)/C=C/C(=O)O[C@H]2[C@@H](C)[C@@H](C[C@H]1O)O[C@@]1(CC[C@@H](C)[C@@H](C[C@H](C)O)O1)[C@@H]2C. The van der Waals surface area contributed by atoms with Crippen molar-refractivity contribution in [2.45, 2.75) is 175 Å². The van der Waals surface area contributed by atoms with Gasteiger partial charge in [0.1, 0.15) is 17.5 Å². The van der Waals surface area contributed by atoms with Gasteiger partial charge in [0.25, 0.3) is 0 Å². The van der Waals surface area contributed by atoms with Crippen LogP contribution in [0.15, 0.2) is 36.5 Å². The van der Waals surface area contributed by atoms with Crippen LogP contribution in [0, 0.1) is 53.3 Å². The first-order chi connectivity index (χ1) is 26.5. The van der Waals surface area contributed by atoms with E-state index in [1.54, 1.807) is 32.9 Å². The van der Waals surface area contributed by atoms with Gasteiger partial charge < -0.3 is 44.8 Å². The predicted octanol–water partition coefficient (Wildman–Crippen LogP) is 4.85. The van der Waals surface area contributed by atoms with E-state index in [1.165, 1.54) is 39.8 Å². The second-order valence-corrected chi connectivity index (χ2v) is 18.1. The topological polar surface area (TPSA) is 200 Å². The van der Waals surface area contributed by atoms with E-state index in [0.29, 0.717) is 25.7 Å². The van der Waals surface area contributed by atoms with E-state index in [-0.39, 0.29) is 30.3 Å². The molecule has 2 bridgehead atoms. The van der Waals surface area contributed by atoms with E-state index in [1.807, 2.05) is 32.9 Å². The molecule has 0 radical (unpaired) electrons. The lowest BCUT2D eigenvalue weighted by Crippen LogP contribution is -2.62. The van der Waals surface area contributed by atoms with Crippen LogP contribution in [-0.2, 0) is 28.6 Å². The molecular formula is C45H74O12. The number of esters is 1. The summed E-state index contributed by atoms with van der Waals surface area (Å²) < 4.78 is 19.8. The first-order valence-electron chi connectivity index (χ1n) is 21.3. The standard InChI is InChI=1S/C45H74O12/c1-12-33-17-15-13-14-16-26(4)42(52)44(11,54)43(53)31(9)40(51)30(8)39(50)29(7)38(49)25(3)18-19-37(48)55-41-28(6)36(23-34(33)47)57-45(32(41)10)21-20-24(2)35(56-45)22-27(5)46/h13-15,17-19,24-36,38,40-42,46-47,49,51-52,54H,12,16,20-23H2,1-11H3/b14-13+,17-15+,19-18+/t24-,25-,26+,27+,28+,29-,30-,31-,32-,33-,34-,35-,36-,38+,40+,41+,42-,44-,45+/m1/s1. The molecule has 12 heteroatoms. The summed E-state index contributed by atoms with van der Waals surface area (Å²) >= 11 is 0. The molecule has 3 aliphatic rings. The minimum atomic E-state index is -2.22. The molecule has 3 rings (SSSR count). The van der Waals surface area contributed by atoms with Gasteiger partial charge in [-0.05, 0) is 51.4 Å². The Bertz CT molecular complexity index is 1420. The van der Waals surface area contributed by atoms with Gasteiger partial charge >= 0.3 is 5.97 Å². The molecule has 1 spiro atoms. The molecule has 0 unspecified atom stereocenters. The van der Waals surface area contributed by atoms with Crippen molar-refractivity contribution < 1.29 is 59.2 Å². The number of ether oxygens (including phenoxy) is 3. The van der Waals surface area contributed by atoms with E-state index in [0.717, 1.165) is 6.42 Å². The first kappa shape index (κ1) is 49.1. The van der Waals surface area contributed by atoms with Crippen LogP contribution in [0.3, 0.4) is 0 Å². The Morgan fingerprint density at radius 1 is 0.860 bits per heavy atom. The predicted molar refractivity (Wildman–Crippen MR) is 216 cm³/mol. The number of aliphatic hydroxyl groups excluding tert-OH is 5. The monoisotopic (exact) mass is 807 g/mol. The Kier molecular flexibility index (Phi) is 17.9. The maximum Gasteiger partial charge on any atom is 0.330 e. The van der Waals surface area contributed by atoms with Crippen LogP contribution >= 0.6 is 0 Å². The van der Waals surface area contributed by atoms with Gasteiger partial charge in [0.05, 0.1) is 42.7 Å². The lowest BCUT2D eigenvalue weighted by atomic mass is 9.74. The summed E-state index contributed by atoms with van der Waals surface area (Å²) in [6, 6.07) is 0. The molecular weight excluding hydrogens is 732 g/mol. The largest absolute Gasteiger partial charge is 0.458 e. The van der Waals surface area contributed by atoms with E-state index >= 15 is 0 Å². The van der Waals surface area contributed by atoms with E-state index in [9.17, 15) is 45.0 Å². The molecule has 0 saturated carbocycles. The zero-order valence-corrected chi connectivity index (χ0v) is 36.2. The summed E-state index contributed by atoms with van der Waals surface area (Å²) in [7, 11) is 0. The maximum absolute atomic E-state index is 13.5. The number of hydrogen-bond acceptors (Lipinski definition) is 12. The Morgan fingerprint density at radius 2 is 1.49 bits per heavy atom. The van der Waals surface area contributed by atoms with Crippen LogP contribution in [-0.4, -0.2) is 108 Å². The van der Waals surface area contributed by atoms with Crippen molar-refractivity contribution >= 4 is 17.5 Å². The van der Waals surface area contributed by atoms with Gasteiger partial charge in [-0.2, -0.15) is 0 Å². The summed E-state index contributed by atoms with van der Waals surface area (Å²) in [6.45, 7) is 18.6. The molecule has 0 amide bonds. The molecule has 6 N–H and O–H groups in total. The highest BCUT2D eigenvalue weighted by Crippen LogP contribution is 2.49. The average Bonchev–Trinajstić information content (AvgIpc) is 3.17. The molecule has 0 aromatic heterocycles. The fourth-order valence-corrected chi connectivity index (χ4v) is 9.07. The van der Waals surface area contributed by atoms with Crippen LogP contribution < -0.4 is 0 Å². The first-order valence-corrected chi connectivity index (χ1v) is 21.3. The summed E-state index contributed by atoms with van der Waals surface area (Å²) in [5, 5.41) is 66.7. The van der Waals surface area contributed by atoms with E-state index in [2.05, 4.69) is 6.92 Å². The zero-order valence-electron chi connectivity index (χ0n) is 36.2. The number of allylic oxidation sites excluding steroid dienone is 3. The molecule has 326 valence electrons. The second-order valence-electron chi connectivity index (χ2n) is 18.1. The molecule has 0 aromatic carbocycles. The molecule has 19 atom stereocenters. The molecule has 12 nitrogen and oxygen atoms in total. The van der Waals surface area contributed by atoms with Crippen molar-refractivity contribution in [1.29, 1.82) is 0 Å². The molecule has 3 aliphatic heterocycles. The van der Waals surface area contributed by atoms with Gasteiger partial charge in [-0.3, -0.25) is 9.59 Å².